The average Bonchev–Trinajstić information content (AvgIpc) is 2.61. The molecule has 3 N–H and O–H groups in total. The third kappa shape index (κ3) is 6.23. The normalized spacial score (nSPS) is 11.5. The fraction of sp³-hybridized carbons (Fsp3) is 0.263. The second-order valence-electron chi connectivity index (χ2n) is 5.77. The van der Waals surface area contributed by atoms with Crippen molar-refractivity contribution >= 4 is 39.1 Å². The Hall–Kier alpha value is -2.34. The van der Waals surface area contributed by atoms with E-state index in [1.807, 2.05) is 38.1 Å². The first-order valence-electron chi connectivity index (χ1n) is 8.18. The molecule has 0 aliphatic heterocycles. The van der Waals surface area contributed by atoms with Crippen LogP contribution in [0.4, 0.5) is 11.4 Å². The first kappa shape index (κ1) is 19.0. The van der Waals surface area contributed by atoms with Crippen LogP contribution in [0, 0.1) is 0 Å². The second-order valence-corrected chi connectivity index (χ2v) is 6.68. The van der Waals surface area contributed by atoms with Gasteiger partial charge in [-0.1, -0.05) is 22.9 Å². The molecular weight excluding hydrogens is 382 g/mol. The van der Waals surface area contributed by atoms with Gasteiger partial charge in [-0.2, -0.15) is 0 Å². The van der Waals surface area contributed by atoms with Crippen molar-refractivity contribution in [2.45, 2.75) is 26.3 Å². The zero-order valence-corrected chi connectivity index (χ0v) is 15.9. The Morgan fingerprint density at radius 1 is 1.00 bits per heavy atom. The summed E-state index contributed by atoms with van der Waals surface area (Å²) in [4.78, 5) is 24.0. The van der Waals surface area contributed by atoms with Crippen molar-refractivity contribution in [3.63, 3.8) is 0 Å². The van der Waals surface area contributed by atoms with Gasteiger partial charge in [-0.05, 0) is 61.9 Å². The van der Waals surface area contributed by atoms with E-state index in [1.54, 1.807) is 24.3 Å². The van der Waals surface area contributed by atoms with Gasteiger partial charge in [-0.3, -0.25) is 9.59 Å². The number of hydrogen-bond donors (Lipinski definition) is 3. The molecule has 0 saturated heterocycles. The molecule has 0 radical (unpaired) electrons. The molecule has 2 amide bonds. The summed E-state index contributed by atoms with van der Waals surface area (Å²) in [6, 6.07) is 14.6. The Kier molecular flexibility index (Phi) is 7.01. The summed E-state index contributed by atoms with van der Waals surface area (Å²) in [5, 5.41) is 8.76. The number of benzene rings is 2. The third-order valence-corrected chi connectivity index (χ3v) is 4.25. The van der Waals surface area contributed by atoms with E-state index in [1.165, 1.54) is 0 Å². The van der Waals surface area contributed by atoms with Crippen LogP contribution >= 0.6 is 15.9 Å². The lowest BCUT2D eigenvalue weighted by Gasteiger charge is -2.12. The van der Waals surface area contributed by atoms with Crippen molar-refractivity contribution in [2.75, 3.05) is 17.2 Å². The molecule has 2 rings (SSSR count). The Morgan fingerprint density at radius 3 is 2.20 bits per heavy atom. The molecule has 2 aromatic carbocycles. The molecule has 0 fully saturated rings. The van der Waals surface area contributed by atoms with Gasteiger partial charge in [0.2, 0.25) is 5.91 Å². The molecule has 0 spiro atoms. The molecule has 2 aromatic rings. The molecule has 0 saturated carbocycles. The highest BCUT2D eigenvalue weighted by Gasteiger charge is 2.09. The highest BCUT2D eigenvalue weighted by molar-refractivity contribution is 9.10. The average molecular weight is 404 g/mol. The number of nitrogens with one attached hydrogen (secondary N) is 3. The van der Waals surface area contributed by atoms with Gasteiger partial charge < -0.3 is 16.0 Å². The number of halogens is 1. The van der Waals surface area contributed by atoms with E-state index in [0.717, 1.165) is 16.6 Å². The summed E-state index contributed by atoms with van der Waals surface area (Å²) in [6.07, 6.45) is 0.880. The zero-order valence-electron chi connectivity index (χ0n) is 14.3. The van der Waals surface area contributed by atoms with E-state index < -0.39 is 0 Å². The van der Waals surface area contributed by atoms with Crippen molar-refractivity contribution in [3.8, 4) is 0 Å². The predicted molar refractivity (Wildman–Crippen MR) is 105 cm³/mol. The smallest absolute Gasteiger partial charge is 0.251 e. The standard InChI is InChI=1S/C19H22BrN3O2/c1-3-13(2)22-19(25)14-4-8-17(9-5-14)23-18(24)12-21-16-10-6-15(20)7-11-16/h4-11,13,21H,3,12H2,1-2H3,(H,22,25)(H,23,24). The highest BCUT2D eigenvalue weighted by atomic mass is 79.9. The number of amides is 2. The largest absolute Gasteiger partial charge is 0.376 e. The maximum absolute atomic E-state index is 12.0. The molecule has 0 aliphatic rings. The Labute approximate surface area is 156 Å². The zero-order chi connectivity index (χ0) is 18.2. The van der Waals surface area contributed by atoms with E-state index in [0.29, 0.717) is 11.3 Å². The number of rotatable bonds is 7. The molecule has 6 heteroatoms. The molecule has 132 valence electrons. The summed E-state index contributed by atoms with van der Waals surface area (Å²) in [7, 11) is 0. The lowest BCUT2D eigenvalue weighted by Crippen LogP contribution is -2.31. The van der Waals surface area contributed by atoms with Crippen molar-refractivity contribution < 1.29 is 9.59 Å². The SMILES string of the molecule is CCC(C)NC(=O)c1ccc(NC(=O)CNc2ccc(Br)cc2)cc1. The van der Waals surface area contributed by atoms with Gasteiger partial charge in [-0.15, -0.1) is 0 Å². The molecule has 1 atom stereocenters. The van der Waals surface area contributed by atoms with Crippen LogP contribution in [0.1, 0.15) is 30.6 Å². The fourth-order valence-electron chi connectivity index (χ4n) is 2.07. The molecular formula is C19H22BrN3O2. The summed E-state index contributed by atoms with van der Waals surface area (Å²) < 4.78 is 0.986. The van der Waals surface area contributed by atoms with Crippen molar-refractivity contribution in [1.82, 2.24) is 5.32 Å². The van der Waals surface area contributed by atoms with Gasteiger partial charge >= 0.3 is 0 Å². The van der Waals surface area contributed by atoms with Crippen LogP contribution in [0.15, 0.2) is 53.0 Å². The molecule has 1 unspecified atom stereocenters. The first-order valence-corrected chi connectivity index (χ1v) is 8.97. The summed E-state index contributed by atoms with van der Waals surface area (Å²) in [5.74, 6) is -0.260. The highest BCUT2D eigenvalue weighted by Crippen LogP contribution is 2.14. The lowest BCUT2D eigenvalue weighted by atomic mass is 10.1. The molecule has 0 aromatic heterocycles. The Balaban J connectivity index is 1.84. The molecule has 25 heavy (non-hydrogen) atoms. The van der Waals surface area contributed by atoms with Crippen LogP contribution in [-0.4, -0.2) is 24.4 Å². The minimum absolute atomic E-state index is 0.107. The maximum atomic E-state index is 12.0. The molecule has 0 heterocycles. The van der Waals surface area contributed by atoms with Crippen molar-refractivity contribution in [2.24, 2.45) is 0 Å². The van der Waals surface area contributed by atoms with Gasteiger partial charge in [-0.25, -0.2) is 0 Å². The van der Waals surface area contributed by atoms with Crippen LogP contribution in [0.25, 0.3) is 0 Å². The van der Waals surface area contributed by atoms with E-state index in [9.17, 15) is 9.59 Å². The topological polar surface area (TPSA) is 70.2 Å². The van der Waals surface area contributed by atoms with Gasteiger partial charge in [0.1, 0.15) is 0 Å². The molecule has 0 bridgehead atoms. The monoisotopic (exact) mass is 403 g/mol. The van der Waals surface area contributed by atoms with E-state index in [-0.39, 0.29) is 24.4 Å². The van der Waals surface area contributed by atoms with E-state index >= 15 is 0 Å². The first-order chi connectivity index (χ1) is 12.0. The summed E-state index contributed by atoms with van der Waals surface area (Å²) in [6.45, 7) is 4.15. The van der Waals surface area contributed by atoms with Crippen molar-refractivity contribution in [1.29, 1.82) is 0 Å². The van der Waals surface area contributed by atoms with E-state index in [2.05, 4.69) is 31.9 Å². The van der Waals surface area contributed by atoms with Crippen LogP contribution in [0.3, 0.4) is 0 Å². The summed E-state index contributed by atoms with van der Waals surface area (Å²) in [5.41, 5.74) is 2.10. The lowest BCUT2D eigenvalue weighted by molar-refractivity contribution is -0.114. The minimum Gasteiger partial charge on any atom is -0.376 e. The maximum Gasteiger partial charge on any atom is 0.251 e. The predicted octanol–water partition coefficient (Wildman–Crippen LogP) is 4.03. The van der Waals surface area contributed by atoms with Crippen LogP contribution in [-0.2, 0) is 4.79 Å². The Morgan fingerprint density at radius 2 is 1.60 bits per heavy atom. The van der Waals surface area contributed by atoms with Crippen LogP contribution in [0.2, 0.25) is 0 Å². The third-order valence-electron chi connectivity index (χ3n) is 3.72. The van der Waals surface area contributed by atoms with Gasteiger partial charge in [0.05, 0.1) is 6.54 Å². The molecule has 0 aliphatic carbocycles. The Bertz CT molecular complexity index is 714. The van der Waals surface area contributed by atoms with Gasteiger partial charge in [0.25, 0.3) is 5.91 Å². The summed E-state index contributed by atoms with van der Waals surface area (Å²) >= 11 is 3.37. The quantitative estimate of drug-likeness (QED) is 0.653. The second kappa shape index (κ2) is 9.22. The number of hydrogen-bond acceptors (Lipinski definition) is 3. The number of carbonyl (C=O) groups is 2. The van der Waals surface area contributed by atoms with E-state index in [4.69, 9.17) is 0 Å². The van der Waals surface area contributed by atoms with Crippen LogP contribution in [0.5, 0.6) is 0 Å². The van der Waals surface area contributed by atoms with Gasteiger partial charge in [0.15, 0.2) is 0 Å². The molecule has 5 nitrogen and oxygen atoms in total. The van der Waals surface area contributed by atoms with Crippen molar-refractivity contribution in [3.05, 3.63) is 58.6 Å². The fourth-order valence-corrected chi connectivity index (χ4v) is 2.33. The van der Waals surface area contributed by atoms with Gasteiger partial charge in [0, 0.05) is 27.5 Å². The number of carbonyl (C=O) groups excluding carboxylic acids is 2. The van der Waals surface area contributed by atoms with Crippen LogP contribution < -0.4 is 16.0 Å². The minimum atomic E-state index is -0.153. The number of anilines is 2.